The van der Waals surface area contributed by atoms with E-state index in [1.54, 1.807) is 0 Å². The minimum Gasteiger partial charge on any atom is -0.481 e. The molecular formula is C16H35N3O4. The maximum absolute atomic E-state index is 10.3. The lowest BCUT2D eigenvalue weighted by molar-refractivity contribution is -0.291. The third-order valence-electron chi connectivity index (χ3n) is 3.67. The number of aliphatic carboxylic acids is 1. The van der Waals surface area contributed by atoms with Crippen LogP contribution in [0.2, 0.25) is 0 Å². The molecule has 0 unspecified atom stereocenters. The van der Waals surface area contributed by atoms with Crippen LogP contribution in [0.25, 0.3) is 0 Å². The Hall–Kier alpha value is -0.730. The summed E-state index contributed by atoms with van der Waals surface area (Å²) in [6, 6.07) is 0. The van der Waals surface area contributed by atoms with Crippen LogP contribution in [0.3, 0.4) is 0 Å². The number of hydrogen-bond donors (Lipinski definition) is 5. The number of carbonyl (C=O) groups is 1. The summed E-state index contributed by atoms with van der Waals surface area (Å²) in [7, 11) is 0. The van der Waals surface area contributed by atoms with Gasteiger partial charge in [0.1, 0.15) is 0 Å². The van der Waals surface area contributed by atoms with Gasteiger partial charge in [0.25, 0.3) is 0 Å². The molecule has 7 nitrogen and oxygen atoms in total. The van der Waals surface area contributed by atoms with Gasteiger partial charge in [-0.1, -0.05) is 32.1 Å². The second kappa shape index (κ2) is 19.3. The standard InChI is InChI=1S/C16H35N3O4/c20-16(21)10-6-9-13-17-11-7-4-2-1-3-5-8-12-18-14-15-19-23-22/h17-19,22H,1-15H2,(H,20,21). The molecule has 0 aromatic heterocycles. The summed E-state index contributed by atoms with van der Waals surface area (Å²) in [6.07, 6.45) is 10.8. The van der Waals surface area contributed by atoms with E-state index in [2.05, 4.69) is 21.1 Å². The van der Waals surface area contributed by atoms with E-state index in [0.717, 1.165) is 39.0 Å². The first-order valence-corrected chi connectivity index (χ1v) is 8.94. The first-order chi connectivity index (χ1) is 11.3. The normalized spacial score (nSPS) is 11.0. The summed E-state index contributed by atoms with van der Waals surface area (Å²) in [4.78, 5) is 14.1. The number of hydrogen-bond acceptors (Lipinski definition) is 6. The SMILES string of the molecule is O=C(O)CCCCNCCCCCCCCCNCCNOO. The number of nitrogens with one attached hydrogen (secondary N) is 3. The van der Waals surface area contributed by atoms with Gasteiger partial charge in [-0.2, -0.15) is 5.48 Å². The average molecular weight is 333 g/mol. The van der Waals surface area contributed by atoms with Crippen LogP contribution < -0.4 is 16.1 Å². The van der Waals surface area contributed by atoms with Crippen molar-refractivity contribution < 1.29 is 20.1 Å². The Morgan fingerprint density at radius 2 is 1.17 bits per heavy atom. The molecule has 0 atom stereocenters. The van der Waals surface area contributed by atoms with Crippen LogP contribution in [-0.4, -0.2) is 49.1 Å². The van der Waals surface area contributed by atoms with E-state index in [4.69, 9.17) is 10.4 Å². The molecule has 0 bridgehead atoms. The van der Waals surface area contributed by atoms with Crippen LogP contribution in [0.5, 0.6) is 0 Å². The maximum atomic E-state index is 10.3. The molecule has 7 heteroatoms. The topological polar surface area (TPSA) is 103 Å². The fourth-order valence-electron chi connectivity index (χ4n) is 2.35. The molecule has 0 aliphatic carbocycles. The quantitative estimate of drug-likeness (QED) is 0.140. The van der Waals surface area contributed by atoms with Crippen molar-refractivity contribution in [3.63, 3.8) is 0 Å². The van der Waals surface area contributed by atoms with Crippen molar-refractivity contribution >= 4 is 5.97 Å². The van der Waals surface area contributed by atoms with Gasteiger partial charge < -0.3 is 15.7 Å². The first kappa shape index (κ1) is 22.3. The summed E-state index contributed by atoms with van der Waals surface area (Å²) in [5.41, 5.74) is 2.37. The van der Waals surface area contributed by atoms with E-state index in [1.165, 1.54) is 44.9 Å². The summed E-state index contributed by atoms with van der Waals surface area (Å²) >= 11 is 0. The molecular weight excluding hydrogens is 298 g/mol. The summed E-state index contributed by atoms with van der Waals surface area (Å²) < 4.78 is 0. The van der Waals surface area contributed by atoms with Crippen molar-refractivity contribution in [2.75, 3.05) is 32.7 Å². The zero-order chi connectivity index (χ0) is 17.0. The van der Waals surface area contributed by atoms with Gasteiger partial charge in [0.2, 0.25) is 0 Å². The van der Waals surface area contributed by atoms with Crippen molar-refractivity contribution in [2.24, 2.45) is 0 Å². The number of carboxylic acids is 1. The van der Waals surface area contributed by atoms with E-state index < -0.39 is 5.97 Å². The highest BCUT2D eigenvalue weighted by atomic mass is 17.2. The third kappa shape index (κ3) is 21.3. The first-order valence-electron chi connectivity index (χ1n) is 8.94. The second-order valence-electron chi connectivity index (χ2n) is 5.81. The predicted molar refractivity (Wildman–Crippen MR) is 91.3 cm³/mol. The lowest BCUT2D eigenvalue weighted by atomic mass is 10.1. The molecule has 0 aliphatic rings. The number of carboxylic acid groups (broad SMARTS) is 1. The molecule has 23 heavy (non-hydrogen) atoms. The Morgan fingerprint density at radius 3 is 1.70 bits per heavy atom. The fraction of sp³-hybridized carbons (Fsp3) is 0.938. The van der Waals surface area contributed by atoms with E-state index in [0.29, 0.717) is 6.54 Å². The molecule has 0 fully saturated rings. The van der Waals surface area contributed by atoms with Crippen molar-refractivity contribution in [3.8, 4) is 0 Å². The number of hydroxylamine groups is 1. The minimum absolute atomic E-state index is 0.283. The Labute approximate surface area is 140 Å². The van der Waals surface area contributed by atoms with E-state index in [-0.39, 0.29) is 6.42 Å². The monoisotopic (exact) mass is 333 g/mol. The average Bonchev–Trinajstić information content (AvgIpc) is 2.53. The van der Waals surface area contributed by atoms with Gasteiger partial charge in [0.15, 0.2) is 0 Å². The van der Waals surface area contributed by atoms with Gasteiger partial charge >= 0.3 is 5.97 Å². The zero-order valence-corrected chi connectivity index (χ0v) is 14.3. The molecule has 0 heterocycles. The molecule has 0 aromatic rings. The van der Waals surface area contributed by atoms with Crippen molar-refractivity contribution in [3.05, 3.63) is 0 Å². The molecule has 0 spiro atoms. The zero-order valence-electron chi connectivity index (χ0n) is 14.3. The van der Waals surface area contributed by atoms with Gasteiger partial charge in [-0.05, 0) is 45.3 Å². The van der Waals surface area contributed by atoms with Gasteiger partial charge in [-0.15, -0.1) is 4.99 Å². The molecule has 0 rings (SSSR count). The largest absolute Gasteiger partial charge is 0.481 e. The van der Waals surface area contributed by atoms with Crippen LogP contribution in [0.1, 0.15) is 64.2 Å². The predicted octanol–water partition coefficient (Wildman–Crippen LogP) is 2.15. The molecule has 5 N–H and O–H groups in total. The van der Waals surface area contributed by atoms with Crippen LogP contribution in [0.15, 0.2) is 0 Å². The molecule has 0 saturated carbocycles. The molecule has 0 radical (unpaired) electrons. The smallest absolute Gasteiger partial charge is 0.303 e. The van der Waals surface area contributed by atoms with Gasteiger partial charge in [-0.25, -0.2) is 5.26 Å². The Bertz CT molecular complexity index is 255. The third-order valence-corrected chi connectivity index (χ3v) is 3.67. The Morgan fingerprint density at radius 1 is 0.696 bits per heavy atom. The fourth-order valence-corrected chi connectivity index (χ4v) is 2.35. The van der Waals surface area contributed by atoms with E-state index in [9.17, 15) is 4.79 Å². The van der Waals surface area contributed by atoms with Gasteiger partial charge in [0.05, 0.1) is 0 Å². The van der Waals surface area contributed by atoms with Crippen molar-refractivity contribution in [2.45, 2.75) is 64.2 Å². The van der Waals surface area contributed by atoms with Crippen LogP contribution >= 0.6 is 0 Å². The molecule has 0 saturated heterocycles. The lowest BCUT2D eigenvalue weighted by Gasteiger charge is -2.05. The number of rotatable bonds is 19. The highest BCUT2D eigenvalue weighted by Gasteiger charge is 1.96. The molecule has 138 valence electrons. The highest BCUT2D eigenvalue weighted by molar-refractivity contribution is 5.66. The van der Waals surface area contributed by atoms with Crippen LogP contribution in [0, 0.1) is 0 Å². The van der Waals surface area contributed by atoms with Gasteiger partial charge in [0, 0.05) is 19.5 Å². The highest BCUT2D eigenvalue weighted by Crippen LogP contribution is 2.06. The second-order valence-corrected chi connectivity index (χ2v) is 5.81. The molecule has 0 aliphatic heterocycles. The van der Waals surface area contributed by atoms with E-state index >= 15 is 0 Å². The van der Waals surface area contributed by atoms with Crippen molar-refractivity contribution in [1.82, 2.24) is 16.1 Å². The van der Waals surface area contributed by atoms with E-state index in [1.807, 2.05) is 0 Å². The summed E-state index contributed by atoms with van der Waals surface area (Å²) in [6.45, 7) is 4.38. The Kier molecular flexibility index (Phi) is 18.7. The summed E-state index contributed by atoms with van der Waals surface area (Å²) in [5, 5.41) is 23.2. The minimum atomic E-state index is -0.700. The van der Waals surface area contributed by atoms with Crippen LogP contribution in [0.4, 0.5) is 0 Å². The van der Waals surface area contributed by atoms with Crippen LogP contribution in [-0.2, 0) is 9.78 Å². The Balaban J connectivity index is 2.96. The van der Waals surface area contributed by atoms with Crippen molar-refractivity contribution in [1.29, 1.82) is 0 Å². The molecule has 0 aromatic carbocycles. The molecule has 0 amide bonds. The summed E-state index contributed by atoms with van der Waals surface area (Å²) in [5.74, 6) is -0.700. The van der Waals surface area contributed by atoms with Gasteiger partial charge in [-0.3, -0.25) is 4.79 Å². The number of unbranched alkanes of at least 4 members (excludes halogenated alkanes) is 7. The maximum Gasteiger partial charge on any atom is 0.303 e. The lowest BCUT2D eigenvalue weighted by Crippen LogP contribution is -2.27.